The maximum absolute atomic E-state index is 14.3. The van der Waals surface area contributed by atoms with Crippen LogP contribution in [-0.2, 0) is 51.1 Å². The lowest BCUT2D eigenvalue weighted by Gasteiger charge is -2.38. The van der Waals surface area contributed by atoms with Crippen molar-refractivity contribution in [3.05, 3.63) is 47.1 Å². The number of aliphatic hydroxyl groups is 4. The number of hydrogen-bond acceptors (Lipinski definition) is 18. The first-order chi connectivity index (χ1) is 38.3. The first-order valence-corrected chi connectivity index (χ1v) is 32.8. The standard InChI is InChI=1S/C57H99N3O18P2/c1-4-6-25-31-44(61)35-36-46-48(62)39-49(63)47-32-27-23-24-29-34-53(65)76-45(40-73-52(64)33-28-22-20-18-16-14-12-10-8-7-9-11-13-15-17-19-21-26-30-43(3)5-2)41-74-79(69,70)78-80(71,72)75-42-50(55(67)54(46)66)77-56(47)60-38-37-51(58)59-57(60)68/h23,27,35-38,43-48,50,54-56,61-62,66-67H,4-22,24-26,28-34,39-42H2,1-3H3,(H,69,70)(H,71,72)(H2,58,59,68)/t43?,44-,45+,46-,47-,48+,50+,54-,55+,56+/m0/s1. The summed E-state index contributed by atoms with van der Waals surface area (Å²) in [6, 6.07) is 1.22. The molecule has 3 heterocycles. The van der Waals surface area contributed by atoms with Gasteiger partial charge in [0, 0.05) is 31.4 Å². The lowest BCUT2D eigenvalue weighted by Crippen LogP contribution is -2.51. The molecule has 0 amide bonds. The van der Waals surface area contributed by atoms with E-state index in [2.05, 4.69) is 23.1 Å². The molecular formula is C57H99N3O18P2. The number of phosphoric acid groups is 2. The number of esters is 2. The van der Waals surface area contributed by atoms with Gasteiger partial charge in [0.1, 0.15) is 36.6 Å². The Morgan fingerprint density at radius 3 is 1.98 bits per heavy atom. The van der Waals surface area contributed by atoms with Crippen LogP contribution >= 0.6 is 15.6 Å². The molecule has 0 saturated carbocycles. The van der Waals surface area contributed by atoms with Gasteiger partial charge in [-0.1, -0.05) is 186 Å². The van der Waals surface area contributed by atoms with Gasteiger partial charge in [-0.2, -0.15) is 9.29 Å². The molecule has 23 heteroatoms. The molecule has 1 saturated heterocycles. The van der Waals surface area contributed by atoms with Gasteiger partial charge in [-0.3, -0.25) is 28.0 Å². The van der Waals surface area contributed by atoms with Crippen molar-refractivity contribution in [2.24, 2.45) is 17.8 Å². The first kappa shape index (κ1) is 71.1. The molecule has 460 valence electrons. The quantitative estimate of drug-likeness (QED) is 0.0157. The minimum absolute atomic E-state index is 0.0797. The van der Waals surface area contributed by atoms with E-state index in [1.807, 2.05) is 6.92 Å². The van der Waals surface area contributed by atoms with Gasteiger partial charge < -0.3 is 50.2 Å². The Balaban J connectivity index is 1.61. The summed E-state index contributed by atoms with van der Waals surface area (Å²) in [7, 11) is -11.3. The summed E-state index contributed by atoms with van der Waals surface area (Å²) in [5, 5.41) is 45.5. The molecule has 2 aliphatic heterocycles. The van der Waals surface area contributed by atoms with Crippen LogP contribution in [0, 0.1) is 17.8 Å². The summed E-state index contributed by atoms with van der Waals surface area (Å²) in [5.41, 5.74) is 4.73. The van der Waals surface area contributed by atoms with Crippen molar-refractivity contribution in [3.63, 3.8) is 0 Å². The number of cyclic esters (lactones) is 1. The van der Waals surface area contributed by atoms with Gasteiger partial charge in [-0.25, -0.2) is 13.9 Å². The molecule has 1 aromatic rings. The smallest absolute Gasteiger partial charge is 0.462 e. The largest absolute Gasteiger partial charge is 0.481 e. The van der Waals surface area contributed by atoms with Crippen LogP contribution < -0.4 is 11.4 Å². The third kappa shape index (κ3) is 29.9. The third-order valence-corrected chi connectivity index (χ3v) is 17.5. The number of nitrogen functional groups attached to an aromatic ring is 1. The van der Waals surface area contributed by atoms with E-state index in [4.69, 9.17) is 29.0 Å². The average molecular weight is 1180 g/mol. The number of ketones is 1. The molecule has 8 N–H and O–H groups in total. The van der Waals surface area contributed by atoms with Gasteiger partial charge in [-0.05, 0) is 44.1 Å². The van der Waals surface area contributed by atoms with Crippen LogP contribution in [0.4, 0.5) is 5.82 Å². The maximum Gasteiger partial charge on any atom is 0.481 e. The number of fused-ring (bicyclic) bond motifs is 3. The Kier molecular flexibility index (Phi) is 35.7. The zero-order valence-corrected chi connectivity index (χ0v) is 49.8. The molecular weight excluding hydrogens is 1080 g/mol. The number of phosphoric ester groups is 2. The number of rotatable bonds is 31. The fourth-order valence-corrected chi connectivity index (χ4v) is 11.9. The zero-order valence-electron chi connectivity index (χ0n) is 48.0. The molecule has 0 aliphatic carbocycles. The molecule has 80 heavy (non-hydrogen) atoms. The molecule has 1 fully saturated rings. The van der Waals surface area contributed by atoms with Gasteiger partial charge >= 0.3 is 33.3 Å². The summed E-state index contributed by atoms with van der Waals surface area (Å²) in [5.74, 6) is -4.25. The Hall–Kier alpha value is -3.17. The summed E-state index contributed by atoms with van der Waals surface area (Å²) in [6.07, 6.45) is 21.4. The molecule has 0 aromatic carbocycles. The number of anilines is 1. The number of unbranched alkanes of at least 4 members (excludes halogenated alkanes) is 19. The van der Waals surface area contributed by atoms with Gasteiger partial charge in [0.15, 0.2) is 6.10 Å². The maximum atomic E-state index is 14.3. The van der Waals surface area contributed by atoms with Crippen LogP contribution in [0.15, 0.2) is 41.4 Å². The molecule has 3 unspecified atom stereocenters. The number of nitrogens with zero attached hydrogens (tertiary/aromatic N) is 2. The number of carbonyl (C=O) groups excluding carboxylic acids is 3. The Bertz CT molecular complexity index is 2130. The van der Waals surface area contributed by atoms with Crippen LogP contribution in [-0.4, -0.2) is 114 Å². The molecule has 1 aromatic heterocycles. The van der Waals surface area contributed by atoms with Crippen molar-refractivity contribution in [1.82, 2.24) is 9.55 Å². The van der Waals surface area contributed by atoms with Crippen LogP contribution in [0.25, 0.3) is 0 Å². The zero-order chi connectivity index (χ0) is 58.8. The Morgan fingerprint density at radius 1 is 0.812 bits per heavy atom. The van der Waals surface area contributed by atoms with Gasteiger partial charge in [0.25, 0.3) is 0 Å². The van der Waals surface area contributed by atoms with E-state index in [9.17, 15) is 58.5 Å². The predicted molar refractivity (Wildman–Crippen MR) is 304 cm³/mol. The Morgan fingerprint density at radius 2 is 1.39 bits per heavy atom. The lowest BCUT2D eigenvalue weighted by molar-refractivity contribution is -0.183. The van der Waals surface area contributed by atoms with E-state index in [1.54, 1.807) is 12.2 Å². The fraction of sp³-hybridized carbons (Fsp3) is 0.807. The van der Waals surface area contributed by atoms with Gasteiger partial charge in [0.05, 0.1) is 37.4 Å². The van der Waals surface area contributed by atoms with E-state index in [0.717, 1.165) is 55.2 Å². The van der Waals surface area contributed by atoms with Crippen molar-refractivity contribution < 1.29 is 81.3 Å². The molecule has 0 spiro atoms. The highest BCUT2D eigenvalue weighted by Gasteiger charge is 2.45. The van der Waals surface area contributed by atoms with Crippen LogP contribution in [0.1, 0.15) is 220 Å². The average Bonchev–Trinajstić information content (AvgIpc) is 3.40. The highest BCUT2D eigenvalue weighted by atomic mass is 31.3. The number of hydrogen-bond donors (Lipinski definition) is 7. The van der Waals surface area contributed by atoms with E-state index in [1.165, 1.54) is 115 Å². The molecule has 3 rings (SSSR count). The molecule has 0 radical (unpaired) electrons. The highest BCUT2D eigenvalue weighted by Crippen LogP contribution is 2.60. The number of aliphatic hydroxyl groups excluding tert-OH is 4. The molecule has 12 atom stereocenters. The minimum atomic E-state index is -5.72. The summed E-state index contributed by atoms with van der Waals surface area (Å²) in [6.45, 7) is 3.87. The lowest BCUT2D eigenvalue weighted by atomic mass is 9.83. The second-order valence-corrected chi connectivity index (χ2v) is 24.9. The van der Waals surface area contributed by atoms with Crippen LogP contribution in [0.2, 0.25) is 0 Å². The molecule has 21 nitrogen and oxygen atoms in total. The summed E-state index contributed by atoms with van der Waals surface area (Å²) in [4.78, 5) is 78.6. The number of ether oxygens (including phenoxy) is 3. The fourth-order valence-electron chi connectivity index (χ4n) is 9.81. The van der Waals surface area contributed by atoms with E-state index in [0.29, 0.717) is 19.3 Å². The minimum Gasteiger partial charge on any atom is -0.462 e. The van der Waals surface area contributed by atoms with Crippen molar-refractivity contribution in [2.45, 2.75) is 256 Å². The normalized spacial score (nSPS) is 27.9. The second-order valence-electron chi connectivity index (χ2n) is 21.9. The van der Waals surface area contributed by atoms with Crippen molar-refractivity contribution in [3.8, 4) is 0 Å². The van der Waals surface area contributed by atoms with E-state index < -0.39 is 120 Å². The monoisotopic (exact) mass is 1180 g/mol. The number of nitrogens with two attached hydrogens (primary N) is 1. The van der Waals surface area contributed by atoms with Crippen LogP contribution in [0.3, 0.4) is 0 Å². The SMILES string of the molecule is CCCCC[C@H](O)C=C[C@@H]1[C@H](O)[C@H](O)[C@H]2COP(=O)(O)OP(=O)(O)OC[C@@H](COC(=O)CCCCCCCCCCCCCCCCCCCCC(C)CC)OC(=O)CCCC=CC[C@@H](C(=O)C[C@H]1O)[C@H](n1ccc(N)nc1=O)O2. The number of allylic oxidation sites excluding steroid dienone is 2. The van der Waals surface area contributed by atoms with Gasteiger partial charge in [0.2, 0.25) is 0 Å². The van der Waals surface area contributed by atoms with Gasteiger partial charge in [-0.15, -0.1) is 0 Å². The van der Waals surface area contributed by atoms with E-state index >= 15 is 0 Å². The van der Waals surface area contributed by atoms with Crippen LogP contribution in [0.5, 0.6) is 0 Å². The second kappa shape index (κ2) is 40.2. The Labute approximate surface area is 475 Å². The van der Waals surface area contributed by atoms with Crippen molar-refractivity contribution in [2.75, 3.05) is 25.6 Å². The van der Waals surface area contributed by atoms with Crippen molar-refractivity contribution in [1.29, 1.82) is 0 Å². The predicted octanol–water partition coefficient (Wildman–Crippen LogP) is 10.2. The van der Waals surface area contributed by atoms with E-state index in [-0.39, 0.29) is 37.9 Å². The highest BCUT2D eigenvalue weighted by molar-refractivity contribution is 7.61. The summed E-state index contributed by atoms with van der Waals surface area (Å²) < 4.78 is 59.0. The third-order valence-electron chi connectivity index (χ3n) is 14.9. The molecule has 2 bridgehead atoms. The van der Waals surface area contributed by atoms with Crippen molar-refractivity contribution >= 4 is 39.2 Å². The summed E-state index contributed by atoms with van der Waals surface area (Å²) >= 11 is 0. The topological polar surface area (TPSA) is 323 Å². The molecule has 2 aliphatic rings. The number of carbonyl (C=O) groups is 3. The number of aromatic nitrogens is 2. The first-order valence-electron chi connectivity index (χ1n) is 29.8. The number of Topliss-reactive ketones (excluding diaryl/α,β-unsaturated/α-hetero) is 1.